The summed E-state index contributed by atoms with van der Waals surface area (Å²) in [4.78, 5) is 30.1. The zero-order chi connectivity index (χ0) is 28.6. The van der Waals surface area contributed by atoms with E-state index in [1.165, 1.54) is 4.88 Å². The van der Waals surface area contributed by atoms with Crippen LogP contribution in [0.1, 0.15) is 62.5 Å². The number of thiophene rings is 1. The van der Waals surface area contributed by atoms with E-state index in [9.17, 15) is 14.7 Å². The Morgan fingerprint density at radius 1 is 1.07 bits per heavy atom. The fourth-order valence-electron chi connectivity index (χ4n) is 5.33. The molecule has 0 bridgehead atoms. The molecule has 9 heteroatoms. The van der Waals surface area contributed by atoms with Crippen molar-refractivity contribution in [3.63, 3.8) is 0 Å². The number of rotatable bonds is 12. The lowest BCUT2D eigenvalue weighted by Gasteiger charge is -2.25. The van der Waals surface area contributed by atoms with Gasteiger partial charge in [0.1, 0.15) is 0 Å². The van der Waals surface area contributed by atoms with Gasteiger partial charge < -0.3 is 20.6 Å². The molecule has 1 fully saturated rings. The maximum absolute atomic E-state index is 13.5. The van der Waals surface area contributed by atoms with Gasteiger partial charge in [0.05, 0.1) is 24.4 Å². The molecule has 1 saturated heterocycles. The molecule has 41 heavy (non-hydrogen) atoms. The van der Waals surface area contributed by atoms with Crippen molar-refractivity contribution in [1.29, 1.82) is 0 Å². The van der Waals surface area contributed by atoms with Crippen LogP contribution in [0.25, 0.3) is 0 Å². The molecule has 4 aromatic rings. The van der Waals surface area contributed by atoms with Crippen LogP contribution in [0.2, 0.25) is 0 Å². The zero-order valence-corrected chi connectivity index (χ0v) is 24.1. The molecule has 1 aliphatic heterocycles. The lowest BCUT2D eigenvalue weighted by atomic mass is 10.00. The number of nitrogens with zero attached hydrogens (tertiary/aromatic N) is 3. The summed E-state index contributed by atoms with van der Waals surface area (Å²) in [5, 5.41) is 23.8. The Hall–Kier alpha value is -3.79. The summed E-state index contributed by atoms with van der Waals surface area (Å²) in [6.07, 6.45) is 5.33. The van der Waals surface area contributed by atoms with Crippen molar-refractivity contribution in [3.05, 3.63) is 112 Å². The number of aryl methyl sites for hydroxylation is 1. The molecule has 1 unspecified atom stereocenters. The number of benzene rings is 2. The second kappa shape index (κ2) is 13.7. The Balaban J connectivity index is 1.26. The van der Waals surface area contributed by atoms with E-state index in [1.54, 1.807) is 35.6 Å². The van der Waals surface area contributed by atoms with Crippen molar-refractivity contribution in [1.82, 2.24) is 25.3 Å². The van der Waals surface area contributed by atoms with E-state index in [0.29, 0.717) is 37.2 Å². The van der Waals surface area contributed by atoms with E-state index in [4.69, 9.17) is 0 Å². The molecule has 1 aliphatic rings. The third-order valence-electron chi connectivity index (χ3n) is 7.53. The minimum Gasteiger partial charge on any atom is -0.390 e. The second-order valence-corrected chi connectivity index (χ2v) is 11.4. The molecule has 8 nitrogen and oxygen atoms in total. The molecule has 3 N–H and O–H groups in total. The number of carbonyl (C=O) groups excluding carboxylic acids is 2. The van der Waals surface area contributed by atoms with Crippen molar-refractivity contribution in [2.75, 3.05) is 13.1 Å². The van der Waals surface area contributed by atoms with Crippen LogP contribution in [0.3, 0.4) is 0 Å². The molecule has 2 aromatic carbocycles. The predicted octanol–water partition coefficient (Wildman–Crippen LogP) is 4.43. The summed E-state index contributed by atoms with van der Waals surface area (Å²) in [5.74, 6) is -0.382. The number of likely N-dealkylation sites (tertiary alicyclic amines) is 1. The van der Waals surface area contributed by atoms with Crippen LogP contribution in [0.4, 0.5) is 0 Å². The van der Waals surface area contributed by atoms with Crippen LogP contribution in [0.15, 0.2) is 84.5 Å². The number of hydrogen-bond donors (Lipinski definition) is 3. The molecule has 0 aliphatic carbocycles. The molecule has 0 spiro atoms. The van der Waals surface area contributed by atoms with Crippen LogP contribution in [0.5, 0.6) is 0 Å². The monoisotopic (exact) mass is 571 g/mol. The van der Waals surface area contributed by atoms with Gasteiger partial charge in [-0.2, -0.15) is 5.10 Å². The topological polar surface area (TPSA) is 99.5 Å². The average Bonchev–Trinajstić information content (AvgIpc) is 3.79. The quantitative estimate of drug-likeness (QED) is 0.234. The van der Waals surface area contributed by atoms with Gasteiger partial charge in [-0.1, -0.05) is 42.5 Å². The van der Waals surface area contributed by atoms with E-state index in [-0.39, 0.29) is 17.9 Å². The summed E-state index contributed by atoms with van der Waals surface area (Å²) in [6.45, 7) is 4.40. The van der Waals surface area contributed by atoms with Gasteiger partial charge in [-0.3, -0.25) is 14.3 Å². The number of hydrogen-bond acceptors (Lipinski definition) is 6. The minimum atomic E-state index is -0.832. The molecule has 3 heterocycles. The normalized spacial score (nSPS) is 16.4. The van der Waals surface area contributed by atoms with Gasteiger partial charge in [0, 0.05) is 53.9 Å². The average molecular weight is 572 g/mol. The lowest BCUT2D eigenvalue weighted by Crippen LogP contribution is -2.48. The first-order valence-electron chi connectivity index (χ1n) is 14.2. The van der Waals surface area contributed by atoms with E-state index in [2.05, 4.69) is 21.8 Å². The highest BCUT2D eigenvalue weighted by Gasteiger charge is 2.31. The highest BCUT2D eigenvalue weighted by Crippen LogP contribution is 2.35. The highest BCUT2D eigenvalue weighted by molar-refractivity contribution is 7.10. The number of amides is 2. The summed E-state index contributed by atoms with van der Waals surface area (Å²) in [5.41, 5.74) is 2.94. The standard InChI is InChI=1S/C32H37N5O3S/c1-2-36-22-24(20-34-36)19-33-21-29(38)27(17-23-9-4-3-5-10-23)35-31(39)25-11-6-12-26(18-25)32(40)37-15-7-13-28(37)30-14-8-16-41-30/h3-6,8-12,14,16,18,20,22,27-29,33,38H,2,7,13,15,17,19,21H2,1H3,(H,35,39)/t27-,28?,29-/m0/s1. The van der Waals surface area contributed by atoms with E-state index in [1.807, 2.05) is 70.7 Å². The summed E-state index contributed by atoms with van der Waals surface area (Å²) in [7, 11) is 0. The zero-order valence-electron chi connectivity index (χ0n) is 23.3. The summed E-state index contributed by atoms with van der Waals surface area (Å²) < 4.78 is 1.86. The highest BCUT2D eigenvalue weighted by atomic mass is 32.1. The van der Waals surface area contributed by atoms with Gasteiger partial charge in [-0.05, 0) is 61.4 Å². The van der Waals surface area contributed by atoms with Crippen LogP contribution in [-0.4, -0.2) is 56.8 Å². The largest absolute Gasteiger partial charge is 0.390 e. The number of aliphatic hydroxyl groups is 1. The molecule has 3 atom stereocenters. The third-order valence-corrected chi connectivity index (χ3v) is 8.50. The smallest absolute Gasteiger partial charge is 0.254 e. The Kier molecular flexibility index (Phi) is 9.61. The first-order chi connectivity index (χ1) is 20.0. The Labute approximate surface area is 245 Å². The van der Waals surface area contributed by atoms with Gasteiger partial charge >= 0.3 is 0 Å². The maximum atomic E-state index is 13.5. The first-order valence-corrected chi connectivity index (χ1v) is 15.1. The maximum Gasteiger partial charge on any atom is 0.254 e. The molecular weight excluding hydrogens is 534 g/mol. The number of aromatic nitrogens is 2. The molecule has 0 radical (unpaired) electrons. The Bertz CT molecular complexity index is 1420. The van der Waals surface area contributed by atoms with Crippen molar-refractivity contribution >= 4 is 23.2 Å². The third kappa shape index (κ3) is 7.30. The van der Waals surface area contributed by atoms with Crippen LogP contribution >= 0.6 is 11.3 Å². The molecule has 0 saturated carbocycles. The van der Waals surface area contributed by atoms with Crippen molar-refractivity contribution in [2.24, 2.45) is 0 Å². The SMILES string of the molecule is CCn1cc(CNC[C@H](O)[C@H](Cc2ccccc2)NC(=O)c2cccc(C(=O)N3CCCC3c3cccs3)c2)cn1. The van der Waals surface area contributed by atoms with Crippen LogP contribution in [0, 0.1) is 0 Å². The molecule has 2 amide bonds. The van der Waals surface area contributed by atoms with Crippen molar-refractivity contribution < 1.29 is 14.7 Å². The van der Waals surface area contributed by atoms with Crippen LogP contribution < -0.4 is 10.6 Å². The van der Waals surface area contributed by atoms with Gasteiger partial charge in [0.25, 0.3) is 11.8 Å². The fourth-order valence-corrected chi connectivity index (χ4v) is 6.20. The van der Waals surface area contributed by atoms with Gasteiger partial charge in [-0.25, -0.2) is 0 Å². The van der Waals surface area contributed by atoms with E-state index >= 15 is 0 Å². The molecule has 2 aromatic heterocycles. The van der Waals surface area contributed by atoms with Gasteiger partial charge in [-0.15, -0.1) is 11.3 Å². The van der Waals surface area contributed by atoms with Crippen molar-refractivity contribution in [3.8, 4) is 0 Å². The van der Waals surface area contributed by atoms with Gasteiger partial charge in [0.2, 0.25) is 0 Å². The Morgan fingerprint density at radius 2 is 1.90 bits per heavy atom. The molecule has 5 rings (SSSR count). The van der Waals surface area contributed by atoms with E-state index in [0.717, 1.165) is 30.5 Å². The number of nitrogens with one attached hydrogen (secondary N) is 2. The van der Waals surface area contributed by atoms with Crippen LogP contribution in [-0.2, 0) is 19.5 Å². The first kappa shape index (κ1) is 28.7. The predicted molar refractivity (Wildman–Crippen MR) is 161 cm³/mol. The van der Waals surface area contributed by atoms with Gasteiger partial charge in [0.15, 0.2) is 0 Å². The lowest BCUT2D eigenvalue weighted by molar-refractivity contribution is 0.0737. The molecular formula is C32H37N5O3S. The van der Waals surface area contributed by atoms with E-state index < -0.39 is 12.1 Å². The second-order valence-electron chi connectivity index (χ2n) is 10.4. The van der Waals surface area contributed by atoms with Crippen molar-refractivity contribution in [2.45, 2.75) is 57.5 Å². The summed E-state index contributed by atoms with van der Waals surface area (Å²) in [6, 6.07) is 20.3. The summed E-state index contributed by atoms with van der Waals surface area (Å²) >= 11 is 1.67. The minimum absolute atomic E-state index is 0.0629. The molecule has 214 valence electrons. The fraction of sp³-hybridized carbons (Fsp3) is 0.344. The Morgan fingerprint density at radius 3 is 2.66 bits per heavy atom. The number of carbonyl (C=O) groups is 2. The number of aliphatic hydroxyl groups excluding tert-OH is 1.